The number of carboxylic acids is 1. The second-order valence-corrected chi connectivity index (χ2v) is 4.41. The first-order valence-electron chi connectivity index (χ1n) is 5.53. The Kier molecular flexibility index (Phi) is 2.79. The monoisotopic (exact) mass is 244 g/mol. The molecule has 1 amide bonds. The minimum absolute atomic E-state index is 0.378. The van der Waals surface area contributed by atoms with Crippen molar-refractivity contribution in [2.45, 2.75) is 12.8 Å². The van der Waals surface area contributed by atoms with Crippen LogP contribution in [0.2, 0.25) is 0 Å². The molecule has 1 saturated carbocycles. The third-order valence-corrected chi connectivity index (χ3v) is 3.24. The molecule has 1 fully saturated rings. The second-order valence-electron chi connectivity index (χ2n) is 4.41. The summed E-state index contributed by atoms with van der Waals surface area (Å²) in [5.74, 6) is -1.50. The maximum atomic E-state index is 12.1. The standard InChI is InChI=1S/C13H12N2O3/c1-15(10-4-2-3-9(7-10)8-14)11(16)13(5-6-13)12(17)18/h2-4,7H,5-6H2,1H3,(H,17,18). The zero-order chi connectivity index (χ0) is 13.3. The van der Waals surface area contributed by atoms with Crippen LogP contribution in [0.1, 0.15) is 18.4 Å². The van der Waals surface area contributed by atoms with Crippen LogP contribution in [0.25, 0.3) is 0 Å². The molecule has 1 aromatic carbocycles. The molecule has 0 spiro atoms. The first-order valence-corrected chi connectivity index (χ1v) is 5.53. The first kappa shape index (κ1) is 12.1. The SMILES string of the molecule is CN(C(=O)C1(C(=O)O)CC1)c1cccc(C#N)c1. The van der Waals surface area contributed by atoms with Crippen LogP contribution in [-0.4, -0.2) is 24.0 Å². The zero-order valence-corrected chi connectivity index (χ0v) is 9.88. The van der Waals surface area contributed by atoms with Crippen LogP contribution < -0.4 is 4.90 Å². The molecule has 5 nitrogen and oxygen atoms in total. The molecule has 92 valence electrons. The van der Waals surface area contributed by atoms with Crippen LogP contribution in [-0.2, 0) is 9.59 Å². The lowest BCUT2D eigenvalue weighted by Crippen LogP contribution is -2.38. The molecule has 2 rings (SSSR count). The predicted octanol–water partition coefficient (Wildman–Crippen LogP) is 1.39. The van der Waals surface area contributed by atoms with Crippen molar-refractivity contribution in [3.63, 3.8) is 0 Å². The number of rotatable bonds is 3. The molecule has 1 aliphatic rings. The summed E-state index contributed by atoms with van der Waals surface area (Å²) in [6.07, 6.45) is 0.757. The summed E-state index contributed by atoms with van der Waals surface area (Å²) in [4.78, 5) is 24.5. The van der Waals surface area contributed by atoms with E-state index in [1.165, 1.54) is 11.9 Å². The topological polar surface area (TPSA) is 81.4 Å². The Balaban J connectivity index is 2.27. The van der Waals surface area contributed by atoms with Crippen molar-refractivity contribution >= 4 is 17.6 Å². The number of nitriles is 1. The number of hydrogen-bond acceptors (Lipinski definition) is 3. The smallest absolute Gasteiger partial charge is 0.319 e. The number of aliphatic carboxylic acids is 1. The van der Waals surface area contributed by atoms with Gasteiger partial charge in [-0.05, 0) is 31.0 Å². The average molecular weight is 244 g/mol. The fourth-order valence-corrected chi connectivity index (χ4v) is 1.87. The molecule has 0 aromatic heterocycles. The van der Waals surface area contributed by atoms with Crippen molar-refractivity contribution in [3.05, 3.63) is 29.8 Å². The van der Waals surface area contributed by atoms with E-state index in [9.17, 15) is 9.59 Å². The molecule has 0 aliphatic heterocycles. The van der Waals surface area contributed by atoms with Crippen molar-refractivity contribution in [1.29, 1.82) is 5.26 Å². The Morgan fingerprint density at radius 1 is 1.44 bits per heavy atom. The number of amides is 1. The van der Waals surface area contributed by atoms with Gasteiger partial charge in [-0.3, -0.25) is 9.59 Å². The highest BCUT2D eigenvalue weighted by Gasteiger charge is 2.58. The Morgan fingerprint density at radius 2 is 2.11 bits per heavy atom. The molecule has 0 heterocycles. The van der Waals surface area contributed by atoms with Crippen molar-refractivity contribution in [2.24, 2.45) is 5.41 Å². The van der Waals surface area contributed by atoms with E-state index < -0.39 is 17.3 Å². The van der Waals surface area contributed by atoms with Crippen molar-refractivity contribution in [2.75, 3.05) is 11.9 Å². The average Bonchev–Trinajstić information content (AvgIpc) is 3.18. The number of anilines is 1. The van der Waals surface area contributed by atoms with Crippen LogP contribution in [0.15, 0.2) is 24.3 Å². The van der Waals surface area contributed by atoms with Gasteiger partial charge in [-0.15, -0.1) is 0 Å². The number of carbonyl (C=O) groups excluding carboxylic acids is 1. The molecule has 1 N–H and O–H groups in total. The lowest BCUT2D eigenvalue weighted by molar-refractivity contribution is -0.148. The quantitative estimate of drug-likeness (QED) is 0.814. The van der Waals surface area contributed by atoms with E-state index in [-0.39, 0.29) is 0 Å². The number of hydrogen-bond donors (Lipinski definition) is 1. The van der Waals surface area contributed by atoms with E-state index in [1.807, 2.05) is 6.07 Å². The molecule has 0 bridgehead atoms. The van der Waals surface area contributed by atoms with Gasteiger partial charge in [-0.2, -0.15) is 5.26 Å². The highest BCUT2D eigenvalue weighted by molar-refractivity contribution is 6.11. The van der Waals surface area contributed by atoms with E-state index in [0.29, 0.717) is 24.1 Å². The number of benzene rings is 1. The molecule has 0 radical (unpaired) electrons. The number of nitrogens with zero attached hydrogens (tertiary/aromatic N) is 2. The van der Waals surface area contributed by atoms with Crippen LogP contribution in [0.3, 0.4) is 0 Å². The minimum Gasteiger partial charge on any atom is -0.480 e. The summed E-state index contributed by atoms with van der Waals surface area (Å²) in [6, 6.07) is 8.52. The maximum absolute atomic E-state index is 12.1. The van der Waals surface area contributed by atoms with Gasteiger partial charge in [0.2, 0.25) is 5.91 Å². The number of carbonyl (C=O) groups is 2. The van der Waals surface area contributed by atoms with E-state index in [2.05, 4.69) is 0 Å². The van der Waals surface area contributed by atoms with Gasteiger partial charge >= 0.3 is 5.97 Å². The molecule has 0 saturated heterocycles. The lowest BCUT2D eigenvalue weighted by atomic mass is 10.1. The van der Waals surface area contributed by atoms with Gasteiger partial charge < -0.3 is 10.0 Å². The fourth-order valence-electron chi connectivity index (χ4n) is 1.87. The molecule has 18 heavy (non-hydrogen) atoms. The van der Waals surface area contributed by atoms with Crippen LogP contribution in [0.5, 0.6) is 0 Å². The lowest BCUT2D eigenvalue weighted by Gasteiger charge is -2.21. The summed E-state index contributed by atoms with van der Waals surface area (Å²) >= 11 is 0. The molecule has 0 unspecified atom stereocenters. The van der Waals surface area contributed by atoms with Gasteiger partial charge in [-0.1, -0.05) is 6.07 Å². The Labute approximate surface area is 104 Å². The van der Waals surface area contributed by atoms with E-state index in [1.54, 1.807) is 24.3 Å². The van der Waals surface area contributed by atoms with Gasteiger partial charge in [0.25, 0.3) is 0 Å². The highest BCUT2D eigenvalue weighted by atomic mass is 16.4. The first-order chi connectivity index (χ1) is 8.51. The zero-order valence-electron chi connectivity index (χ0n) is 9.88. The van der Waals surface area contributed by atoms with Crippen molar-refractivity contribution in [3.8, 4) is 6.07 Å². The van der Waals surface area contributed by atoms with Crippen molar-refractivity contribution < 1.29 is 14.7 Å². The van der Waals surface area contributed by atoms with Crippen LogP contribution in [0.4, 0.5) is 5.69 Å². The Bertz CT molecular complexity index is 556. The molecule has 5 heteroatoms. The number of carboxylic acid groups (broad SMARTS) is 1. The Morgan fingerprint density at radius 3 is 2.61 bits per heavy atom. The largest absolute Gasteiger partial charge is 0.480 e. The van der Waals surface area contributed by atoms with E-state index in [4.69, 9.17) is 10.4 Å². The third kappa shape index (κ3) is 1.82. The van der Waals surface area contributed by atoms with Gasteiger partial charge in [0.15, 0.2) is 0 Å². The summed E-state index contributed by atoms with van der Waals surface area (Å²) in [5.41, 5.74) is -0.281. The molecule has 1 aliphatic carbocycles. The predicted molar refractivity (Wildman–Crippen MR) is 63.9 cm³/mol. The fraction of sp³-hybridized carbons (Fsp3) is 0.308. The summed E-state index contributed by atoms with van der Waals surface area (Å²) in [5, 5.41) is 17.9. The molecule has 1 aromatic rings. The third-order valence-electron chi connectivity index (χ3n) is 3.24. The Hall–Kier alpha value is -2.35. The van der Waals surface area contributed by atoms with E-state index >= 15 is 0 Å². The van der Waals surface area contributed by atoms with Gasteiger partial charge in [-0.25, -0.2) is 0 Å². The summed E-state index contributed by atoms with van der Waals surface area (Å²) < 4.78 is 0. The normalized spacial score (nSPS) is 15.6. The van der Waals surface area contributed by atoms with Gasteiger partial charge in [0.05, 0.1) is 11.6 Å². The highest BCUT2D eigenvalue weighted by Crippen LogP contribution is 2.47. The van der Waals surface area contributed by atoms with Crippen molar-refractivity contribution in [1.82, 2.24) is 0 Å². The molecule has 0 atom stereocenters. The van der Waals surface area contributed by atoms with Gasteiger partial charge in [0.1, 0.15) is 5.41 Å². The minimum atomic E-state index is -1.25. The molecular weight excluding hydrogens is 232 g/mol. The van der Waals surface area contributed by atoms with E-state index in [0.717, 1.165) is 0 Å². The van der Waals surface area contributed by atoms with Gasteiger partial charge in [0, 0.05) is 12.7 Å². The van der Waals surface area contributed by atoms with Crippen LogP contribution >= 0.6 is 0 Å². The summed E-state index contributed by atoms with van der Waals surface area (Å²) in [6.45, 7) is 0. The van der Waals surface area contributed by atoms with Crippen LogP contribution in [0, 0.1) is 16.7 Å². The maximum Gasteiger partial charge on any atom is 0.319 e. The second kappa shape index (κ2) is 4.15. The summed E-state index contributed by atoms with van der Waals surface area (Å²) in [7, 11) is 1.53. The molecular formula is C13H12N2O3.